The van der Waals surface area contributed by atoms with Gasteiger partial charge in [-0.05, 0) is 43.9 Å². The van der Waals surface area contributed by atoms with E-state index in [1.54, 1.807) is 6.92 Å². The number of hydrogen-bond acceptors (Lipinski definition) is 5. The van der Waals surface area contributed by atoms with Crippen LogP contribution in [0.25, 0.3) is 10.2 Å². The number of nitrogens with one attached hydrogen (secondary N) is 1. The Hall–Kier alpha value is -2.81. The third-order valence-electron chi connectivity index (χ3n) is 5.92. The Balaban J connectivity index is 1.48. The molecule has 3 N–H and O–H groups in total. The summed E-state index contributed by atoms with van der Waals surface area (Å²) in [4.78, 5) is 19.4. The number of anilines is 2. The van der Waals surface area contributed by atoms with Crippen LogP contribution in [0.5, 0.6) is 0 Å². The van der Waals surface area contributed by atoms with Crippen molar-refractivity contribution in [3.05, 3.63) is 51.8 Å². The number of carbonyl (C=O) groups excluding carboxylic acids is 1. The molecule has 0 saturated carbocycles. The van der Waals surface area contributed by atoms with Gasteiger partial charge in [-0.25, -0.2) is 18.2 Å². The highest BCUT2D eigenvalue weighted by molar-refractivity contribution is 7.21. The van der Waals surface area contributed by atoms with Gasteiger partial charge in [0.25, 0.3) is 5.91 Å². The number of pyridine rings is 1. The Morgan fingerprint density at radius 3 is 2.59 bits per heavy atom. The average molecular weight is 463 g/mol. The van der Waals surface area contributed by atoms with Gasteiger partial charge in [-0.3, -0.25) is 4.79 Å². The van der Waals surface area contributed by atoms with Crippen molar-refractivity contribution in [3.63, 3.8) is 0 Å². The summed E-state index contributed by atoms with van der Waals surface area (Å²) < 4.78 is 43.3. The zero-order chi connectivity index (χ0) is 23.0. The monoisotopic (exact) mass is 462 g/mol. The lowest BCUT2D eigenvalue weighted by atomic mass is 9.99. The van der Waals surface area contributed by atoms with Crippen molar-refractivity contribution in [1.82, 2.24) is 10.3 Å². The summed E-state index contributed by atoms with van der Waals surface area (Å²) in [5.74, 6) is -2.37. The number of carbonyl (C=O) groups is 1. The van der Waals surface area contributed by atoms with Gasteiger partial charge in [-0.1, -0.05) is 6.92 Å². The number of nitrogens with zero attached hydrogens (tertiary/aromatic N) is 2. The second-order valence-electron chi connectivity index (χ2n) is 8.24. The third-order valence-corrected chi connectivity index (χ3v) is 7.03. The highest BCUT2D eigenvalue weighted by Gasteiger charge is 2.22. The first-order valence-electron chi connectivity index (χ1n) is 10.6. The van der Waals surface area contributed by atoms with Crippen molar-refractivity contribution < 1.29 is 18.0 Å². The summed E-state index contributed by atoms with van der Waals surface area (Å²) in [6, 6.07) is 3.74. The molecule has 2 aromatic heterocycles. The summed E-state index contributed by atoms with van der Waals surface area (Å²) in [5.41, 5.74) is 6.91. The van der Waals surface area contributed by atoms with Crippen molar-refractivity contribution in [2.45, 2.75) is 39.0 Å². The molecule has 0 aliphatic carbocycles. The van der Waals surface area contributed by atoms with Crippen LogP contribution in [0.4, 0.5) is 24.5 Å². The number of aryl methyl sites for hydroxylation is 1. The molecule has 1 saturated heterocycles. The van der Waals surface area contributed by atoms with Gasteiger partial charge in [0.2, 0.25) is 0 Å². The van der Waals surface area contributed by atoms with Gasteiger partial charge >= 0.3 is 0 Å². The highest BCUT2D eigenvalue weighted by atomic mass is 32.1. The molecule has 1 amide bonds. The van der Waals surface area contributed by atoms with E-state index >= 15 is 0 Å². The minimum atomic E-state index is -0.495. The lowest BCUT2D eigenvalue weighted by Gasteiger charge is -2.29. The van der Waals surface area contributed by atoms with Crippen LogP contribution in [0.3, 0.4) is 0 Å². The maximum Gasteiger partial charge on any atom is 0.263 e. The van der Waals surface area contributed by atoms with Crippen LogP contribution in [0, 0.1) is 24.4 Å². The molecule has 170 valence electrons. The van der Waals surface area contributed by atoms with E-state index in [4.69, 9.17) is 5.73 Å². The van der Waals surface area contributed by atoms with E-state index in [0.717, 1.165) is 43.7 Å². The Kier molecular flexibility index (Phi) is 6.28. The molecule has 1 atom stereocenters. The van der Waals surface area contributed by atoms with Crippen LogP contribution >= 0.6 is 11.3 Å². The largest absolute Gasteiger partial charge is 0.397 e. The number of nitrogen functional groups attached to an aromatic ring is 1. The Bertz CT molecular complexity index is 1170. The molecule has 3 aromatic rings. The van der Waals surface area contributed by atoms with Gasteiger partial charge in [0, 0.05) is 37.0 Å². The van der Waals surface area contributed by atoms with E-state index in [1.807, 2.05) is 4.90 Å². The zero-order valence-electron chi connectivity index (χ0n) is 18.0. The van der Waals surface area contributed by atoms with Crippen LogP contribution in [-0.4, -0.2) is 30.5 Å². The molecule has 1 aromatic carbocycles. The number of rotatable bonds is 5. The van der Waals surface area contributed by atoms with Crippen LogP contribution < -0.4 is 16.0 Å². The molecule has 5 nitrogen and oxygen atoms in total. The number of hydrogen-bond donors (Lipinski definition) is 2. The molecule has 0 bridgehead atoms. The summed E-state index contributed by atoms with van der Waals surface area (Å²) in [6.07, 6.45) is 3.03. The lowest BCUT2D eigenvalue weighted by molar-refractivity contribution is 0.0956. The molecule has 1 aliphatic heterocycles. The first kappa shape index (κ1) is 22.4. The number of halogens is 3. The lowest BCUT2D eigenvalue weighted by Crippen LogP contribution is -2.30. The zero-order valence-corrected chi connectivity index (χ0v) is 18.8. The van der Waals surface area contributed by atoms with Gasteiger partial charge in [-0.15, -0.1) is 11.3 Å². The predicted octanol–water partition coefficient (Wildman–Crippen LogP) is 5.13. The second kappa shape index (κ2) is 8.97. The number of fused-ring (bicyclic) bond motifs is 1. The highest BCUT2D eigenvalue weighted by Crippen LogP contribution is 2.34. The summed E-state index contributed by atoms with van der Waals surface area (Å²) in [7, 11) is 0. The normalized spacial score (nSPS) is 15.2. The minimum Gasteiger partial charge on any atom is -0.397 e. The van der Waals surface area contributed by atoms with Crippen molar-refractivity contribution in [2.24, 2.45) is 0 Å². The van der Waals surface area contributed by atoms with Crippen LogP contribution in [0.15, 0.2) is 18.2 Å². The van der Waals surface area contributed by atoms with Crippen molar-refractivity contribution >= 4 is 38.8 Å². The van der Waals surface area contributed by atoms with Crippen molar-refractivity contribution in [2.75, 3.05) is 30.3 Å². The molecule has 9 heteroatoms. The molecular weight excluding hydrogens is 437 g/mol. The smallest absolute Gasteiger partial charge is 0.263 e. The molecule has 1 fully saturated rings. The molecule has 0 radical (unpaired) electrons. The third kappa shape index (κ3) is 4.26. The van der Waals surface area contributed by atoms with E-state index in [1.165, 1.54) is 25.1 Å². The Morgan fingerprint density at radius 2 is 1.88 bits per heavy atom. The maximum absolute atomic E-state index is 14.8. The first-order chi connectivity index (χ1) is 15.3. The summed E-state index contributed by atoms with van der Waals surface area (Å²) in [6.45, 7) is 4.78. The van der Waals surface area contributed by atoms with E-state index in [2.05, 4.69) is 10.3 Å². The van der Waals surface area contributed by atoms with Crippen molar-refractivity contribution in [3.8, 4) is 0 Å². The maximum atomic E-state index is 14.8. The molecule has 0 spiro atoms. The fraction of sp³-hybridized carbons (Fsp3) is 0.391. The van der Waals surface area contributed by atoms with E-state index in [0.29, 0.717) is 10.2 Å². The average Bonchev–Trinajstić information content (AvgIpc) is 3.09. The quantitative estimate of drug-likeness (QED) is 0.552. The number of piperidine rings is 1. The fourth-order valence-corrected chi connectivity index (χ4v) is 5.05. The Labute approximate surface area is 188 Å². The molecule has 1 aliphatic rings. The van der Waals surface area contributed by atoms with Gasteiger partial charge in [-0.2, -0.15) is 0 Å². The number of nitrogens with two attached hydrogens (primary N) is 1. The Morgan fingerprint density at radius 1 is 1.16 bits per heavy atom. The first-order valence-corrected chi connectivity index (χ1v) is 11.4. The fourth-order valence-electron chi connectivity index (χ4n) is 4.01. The van der Waals surface area contributed by atoms with Crippen LogP contribution in [0.2, 0.25) is 0 Å². The van der Waals surface area contributed by atoms with Crippen LogP contribution in [-0.2, 0) is 0 Å². The number of amides is 1. The summed E-state index contributed by atoms with van der Waals surface area (Å²) in [5, 5.41) is 3.11. The topological polar surface area (TPSA) is 71.2 Å². The molecule has 0 unspecified atom stereocenters. The molecule has 3 heterocycles. The summed E-state index contributed by atoms with van der Waals surface area (Å²) >= 11 is 1.07. The van der Waals surface area contributed by atoms with Crippen molar-refractivity contribution in [1.29, 1.82) is 0 Å². The van der Waals surface area contributed by atoms with E-state index in [-0.39, 0.29) is 34.1 Å². The molecular formula is C23H25F3N4OS. The van der Waals surface area contributed by atoms with Gasteiger partial charge in [0.05, 0.1) is 17.1 Å². The van der Waals surface area contributed by atoms with E-state index < -0.39 is 29.3 Å². The number of thiophene rings is 1. The number of aromatic nitrogens is 1. The second-order valence-corrected chi connectivity index (χ2v) is 9.24. The molecule has 4 rings (SSSR count). The minimum absolute atomic E-state index is 0.0900. The van der Waals surface area contributed by atoms with Gasteiger partial charge in [0.1, 0.15) is 27.2 Å². The molecule has 32 heavy (non-hydrogen) atoms. The van der Waals surface area contributed by atoms with Gasteiger partial charge in [0.15, 0.2) is 0 Å². The van der Waals surface area contributed by atoms with Gasteiger partial charge < -0.3 is 16.0 Å². The SMILES string of the molecule is Cc1nc2sc(C(=O)NC[C@@H](C)c3cc(F)c(N4CCCCC4)cc3F)c(N)c2cc1F. The van der Waals surface area contributed by atoms with Crippen LogP contribution in [0.1, 0.15) is 53.0 Å². The number of benzene rings is 1. The standard InChI is InChI=1S/C23H25F3N4OS/c1-12(14-8-18(26)19(10-17(14)25)30-6-4-3-5-7-30)11-28-22(31)21-20(27)15-9-16(24)13(2)29-23(15)32-21/h8-10,12H,3-7,11,27H2,1-2H3,(H,28,31)/t12-/m1/s1. The predicted molar refractivity (Wildman–Crippen MR) is 122 cm³/mol. The van der Waals surface area contributed by atoms with E-state index in [9.17, 15) is 18.0 Å².